The van der Waals surface area contributed by atoms with E-state index in [0.29, 0.717) is 6.04 Å². The highest BCUT2D eigenvalue weighted by atomic mass is 32.2. The van der Waals surface area contributed by atoms with Crippen molar-refractivity contribution in [2.45, 2.75) is 12.5 Å². The highest BCUT2D eigenvalue weighted by molar-refractivity contribution is 7.98. The minimum atomic E-state index is 0.487. The second kappa shape index (κ2) is 5.56. The van der Waals surface area contributed by atoms with Gasteiger partial charge in [0, 0.05) is 25.3 Å². The number of rotatable bonds is 5. The highest BCUT2D eigenvalue weighted by Crippen LogP contribution is 2.15. The van der Waals surface area contributed by atoms with E-state index in [0.717, 1.165) is 23.5 Å². The molecular formula is C13H19N3S. The number of nitrogens with one attached hydrogen (secondary N) is 1. The minimum absolute atomic E-state index is 0.487. The Balaban J connectivity index is 2.26. The third-order valence-electron chi connectivity index (χ3n) is 3.08. The van der Waals surface area contributed by atoms with Crippen LogP contribution in [0.3, 0.4) is 0 Å². The Morgan fingerprint density at radius 3 is 2.82 bits per heavy atom. The zero-order valence-electron chi connectivity index (χ0n) is 10.6. The molecule has 0 bridgehead atoms. The topological polar surface area (TPSA) is 29.9 Å². The van der Waals surface area contributed by atoms with E-state index < -0.39 is 0 Å². The Kier molecular flexibility index (Phi) is 4.07. The van der Waals surface area contributed by atoms with Crippen LogP contribution in [0, 0.1) is 0 Å². The van der Waals surface area contributed by atoms with E-state index in [-0.39, 0.29) is 0 Å². The summed E-state index contributed by atoms with van der Waals surface area (Å²) in [7, 11) is 4.11. The van der Waals surface area contributed by atoms with Gasteiger partial charge in [-0.25, -0.2) is 4.98 Å². The Bertz CT molecular complexity index is 492. The first-order valence-electron chi connectivity index (χ1n) is 5.82. The molecule has 2 rings (SSSR count). The molecular weight excluding hydrogens is 230 g/mol. The molecule has 1 aromatic carbocycles. The average molecular weight is 249 g/mol. The van der Waals surface area contributed by atoms with Gasteiger partial charge in [0.15, 0.2) is 0 Å². The standard InChI is InChI=1S/C13H19N3S/c1-14-10(9-17-3)8-13-15-11-6-4-5-7-12(11)16(13)2/h4-7,10,14H,8-9H2,1-3H3. The number of imidazole rings is 1. The fourth-order valence-electron chi connectivity index (χ4n) is 2.04. The molecule has 0 fully saturated rings. The summed E-state index contributed by atoms with van der Waals surface area (Å²) in [5.41, 5.74) is 2.30. The molecule has 0 spiro atoms. The first-order chi connectivity index (χ1) is 8.26. The molecule has 4 heteroatoms. The van der Waals surface area contributed by atoms with Crippen molar-refractivity contribution in [1.29, 1.82) is 0 Å². The Labute approximate surface area is 107 Å². The van der Waals surface area contributed by atoms with Crippen molar-refractivity contribution < 1.29 is 0 Å². The van der Waals surface area contributed by atoms with E-state index in [1.165, 1.54) is 5.52 Å². The fraction of sp³-hybridized carbons (Fsp3) is 0.462. The number of aryl methyl sites for hydroxylation is 1. The van der Waals surface area contributed by atoms with E-state index >= 15 is 0 Å². The molecule has 17 heavy (non-hydrogen) atoms. The summed E-state index contributed by atoms with van der Waals surface area (Å²) in [5, 5.41) is 3.35. The van der Waals surface area contributed by atoms with Crippen molar-refractivity contribution in [2.75, 3.05) is 19.1 Å². The van der Waals surface area contributed by atoms with Gasteiger partial charge in [0.2, 0.25) is 0 Å². The molecule has 3 nitrogen and oxygen atoms in total. The number of hydrogen-bond acceptors (Lipinski definition) is 3. The van der Waals surface area contributed by atoms with Gasteiger partial charge in [-0.05, 0) is 25.4 Å². The van der Waals surface area contributed by atoms with Gasteiger partial charge in [-0.1, -0.05) is 12.1 Å². The molecule has 1 atom stereocenters. The predicted molar refractivity (Wildman–Crippen MR) is 75.6 cm³/mol. The van der Waals surface area contributed by atoms with Crippen LogP contribution in [-0.4, -0.2) is 34.6 Å². The summed E-state index contributed by atoms with van der Waals surface area (Å²) in [6.45, 7) is 0. The number of aromatic nitrogens is 2. The second-order valence-electron chi connectivity index (χ2n) is 4.22. The van der Waals surface area contributed by atoms with Crippen LogP contribution in [-0.2, 0) is 13.5 Å². The molecule has 92 valence electrons. The van der Waals surface area contributed by atoms with E-state index in [2.05, 4.69) is 41.4 Å². The van der Waals surface area contributed by atoms with Crippen molar-refractivity contribution in [3.63, 3.8) is 0 Å². The number of hydrogen-bond donors (Lipinski definition) is 1. The molecule has 0 saturated heterocycles. The molecule has 0 radical (unpaired) electrons. The molecule has 0 aliphatic carbocycles. The van der Waals surface area contributed by atoms with Gasteiger partial charge >= 0.3 is 0 Å². The van der Waals surface area contributed by atoms with Crippen LogP contribution in [0.1, 0.15) is 5.82 Å². The molecule has 1 N–H and O–H groups in total. The van der Waals surface area contributed by atoms with Gasteiger partial charge < -0.3 is 9.88 Å². The van der Waals surface area contributed by atoms with E-state index in [4.69, 9.17) is 4.98 Å². The predicted octanol–water partition coefficient (Wildman–Crippen LogP) is 2.07. The lowest BCUT2D eigenvalue weighted by Gasteiger charge is -2.14. The van der Waals surface area contributed by atoms with Gasteiger partial charge in [-0.3, -0.25) is 0 Å². The normalized spacial score (nSPS) is 13.1. The molecule has 0 aliphatic heterocycles. The smallest absolute Gasteiger partial charge is 0.111 e. The largest absolute Gasteiger partial charge is 0.331 e. The van der Waals surface area contributed by atoms with Crippen LogP contribution in [0.5, 0.6) is 0 Å². The third-order valence-corrected chi connectivity index (χ3v) is 3.82. The lowest BCUT2D eigenvalue weighted by molar-refractivity contribution is 0.589. The van der Waals surface area contributed by atoms with Gasteiger partial charge in [-0.15, -0.1) is 0 Å². The monoisotopic (exact) mass is 249 g/mol. The number of likely N-dealkylation sites (N-methyl/N-ethyl adjacent to an activating group) is 1. The first kappa shape index (κ1) is 12.5. The Hall–Kier alpha value is -1.00. The van der Waals surface area contributed by atoms with Crippen molar-refractivity contribution >= 4 is 22.8 Å². The van der Waals surface area contributed by atoms with Crippen LogP contribution < -0.4 is 5.32 Å². The summed E-state index contributed by atoms with van der Waals surface area (Å²) in [6.07, 6.45) is 3.11. The van der Waals surface area contributed by atoms with Crippen molar-refractivity contribution in [2.24, 2.45) is 7.05 Å². The van der Waals surface area contributed by atoms with Crippen LogP contribution >= 0.6 is 11.8 Å². The molecule has 0 amide bonds. The number of benzene rings is 1. The lowest BCUT2D eigenvalue weighted by atomic mass is 10.2. The second-order valence-corrected chi connectivity index (χ2v) is 5.13. The molecule has 0 saturated carbocycles. The summed E-state index contributed by atoms with van der Waals surface area (Å²) in [4.78, 5) is 4.70. The number of thioether (sulfide) groups is 1. The number of nitrogens with zero attached hydrogens (tertiary/aromatic N) is 2. The maximum absolute atomic E-state index is 4.70. The quantitative estimate of drug-likeness (QED) is 0.880. The number of fused-ring (bicyclic) bond motifs is 1. The lowest BCUT2D eigenvalue weighted by Crippen LogP contribution is -2.31. The summed E-state index contributed by atoms with van der Waals surface area (Å²) < 4.78 is 2.19. The summed E-state index contributed by atoms with van der Waals surface area (Å²) >= 11 is 1.87. The summed E-state index contributed by atoms with van der Waals surface area (Å²) in [6, 6.07) is 8.78. The molecule has 1 aromatic heterocycles. The zero-order valence-corrected chi connectivity index (χ0v) is 11.4. The molecule has 1 heterocycles. The zero-order chi connectivity index (χ0) is 12.3. The van der Waals surface area contributed by atoms with Crippen LogP contribution in [0.4, 0.5) is 0 Å². The third kappa shape index (κ3) is 2.64. The minimum Gasteiger partial charge on any atom is -0.331 e. The van der Waals surface area contributed by atoms with Crippen molar-refractivity contribution in [3.05, 3.63) is 30.1 Å². The Morgan fingerprint density at radius 1 is 1.41 bits per heavy atom. The van der Waals surface area contributed by atoms with Crippen LogP contribution in [0.15, 0.2) is 24.3 Å². The van der Waals surface area contributed by atoms with Gasteiger partial charge in [0.25, 0.3) is 0 Å². The van der Waals surface area contributed by atoms with E-state index in [1.807, 2.05) is 24.9 Å². The van der Waals surface area contributed by atoms with Gasteiger partial charge in [0.05, 0.1) is 11.0 Å². The highest BCUT2D eigenvalue weighted by Gasteiger charge is 2.12. The van der Waals surface area contributed by atoms with Crippen LogP contribution in [0.2, 0.25) is 0 Å². The Morgan fingerprint density at radius 2 is 2.18 bits per heavy atom. The van der Waals surface area contributed by atoms with E-state index in [1.54, 1.807) is 0 Å². The maximum atomic E-state index is 4.70. The van der Waals surface area contributed by atoms with Crippen LogP contribution in [0.25, 0.3) is 11.0 Å². The van der Waals surface area contributed by atoms with Gasteiger partial charge in [-0.2, -0.15) is 11.8 Å². The van der Waals surface area contributed by atoms with Crippen molar-refractivity contribution in [3.8, 4) is 0 Å². The SMILES string of the molecule is CNC(CSC)Cc1nc2ccccc2n1C. The fourth-order valence-corrected chi connectivity index (χ4v) is 2.73. The molecule has 2 aromatic rings. The van der Waals surface area contributed by atoms with E-state index in [9.17, 15) is 0 Å². The maximum Gasteiger partial charge on any atom is 0.111 e. The first-order valence-corrected chi connectivity index (χ1v) is 7.22. The van der Waals surface area contributed by atoms with Crippen molar-refractivity contribution in [1.82, 2.24) is 14.9 Å². The van der Waals surface area contributed by atoms with Gasteiger partial charge in [0.1, 0.15) is 5.82 Å². The summed E-state index contributed by atoms with van der Waals surface area (Å²) in [5.74, 6) is 2.26. The number of para-hydroxylation sites is 2. The average Bonchev–Trinajstić information content (AvgIpc) is 2.66. The molecule has 1 unspecified atom stereocenters. The molecule has 0 aliphatic rings.